The third kappa shape index (κ3) is 6.54. The Morgan fingerprint density at radius 1 is 0.750 bits per heavy atom. The van der Waals surface area contributed by atoms with Crippen LogP contribution >= 0.6 is 0 Å². The van der Waals surface area contributed by atoms with Crippen molar-refractivity contribution in [1.82, 2.24) is 0 Å². The molecule has 3 heteroatoms. The van der Waals surface area contributed by atoms with Crippen molar-refractivity contribution in [3.63, 3.8) is 0 Å². The Balaban J connectivity index is 0. The van der Waals surface area contributed by atoms with E-state index in [9.17, 15) is 0 Å². The molecule has 1 saturated heterocycles. The quantitative estimate of drug-likeness (QED) is 0.569. The van der Waals surface area contributed by atoms with Gasteiger partial charge in [-0.15, -0.1) is 0 Å². The van der Waals surface area contributed by atoms with Gasteiger partial charge in [-0.25, -0.2) is 0 Å². The second kappa shape index (κ2) is 8.13. The molecular weight excluding hydrogens is 199 g/mol. The molecule has 0 aliphatic carbocycles. The lowest BCUT2D eigenvalue weighted by molar-refractivity contribution is 0.00578. The Labute approximate surface area is 103 Å². The number of hydrogen-bond donors (Lipinski definition) is 0. The van der Waals surface area contributed by atoms with Crippen molar-refractivity contribution in [3.05, 3.63) is 0 Å². The van der Waals surface area contributed by atoms with Gasteiger partial charge in [0, 0.05) is 0 Å². The van der Waals surface area contributed by atoms with Crippen LogP contribution in [0, 0.1) is 0 Å². The minimum absolute atomic E-state index is 0.0648. The molecule has 1 rings (SSSR count). The van der Waals surface area contributed by atoms with E-state index in [2.05, 4.69) is 55.4 Å². The molecule has 1 aliphatic rings. The zero-order valence-electron chi connectivity index (χ0n) is 12.8. The van der Waals surface area contributed by atoms with Crippen LogP contribution in [0.5, 0.6) is 0 Å². The van der Waals surface area contributed by atoms with Crippen molar-refractivity contribution in [1.29, 1.82) is 0 Å². The van der Waals surface area contributed by atoms with Crippen LogP contribution in [0.4, 0.5) is 0 Å². The maximum absolute atomic E-state index is 5.54. The Bertz CT molecular complexity index is 149. The highest BCUT2D eigenvalue weighted by molar-refractivity contribution is 6.43. The molecule has 0 radical (unpaired) electrons. The number of rotatable bonds is 0. The summed E-state index contributed by atoms with van der Waals surface area (Å²) >= 11 is 0. The first kappa shape index (κ1) is 18.4. The van der Waals surface area contributed by atoms with Crippen LogP contribution in [-0.4, -0.2) is 18.3 Å². The Hall–Kier alpha value is -0.0151. The summed E-state index contributed by atoms with van der Waals surface area (Å²) in [5.74, 6) is 0. The maximum atomic E-state index is 5.54. The highest BCUT2D eigenvalue weighted by atomic mass is 16.7. The predicted octanol–water partition coefficient (Wildman–Crippen LogP) is 4.54. The predicted molar refractivity (Wildman–Crippen MR) is 73.9 cm³/mol. The van der Waals surface area contributed by atoms with Gasteiger partial charge in [0.15, 0.2) is 0 Å². The van der Waals surface area contributed by atoms with Gasteiger partial charge in [-0.1, -0.05) is 40.5 Å². The molecule has 0 N–H and O–H groups in total. The Morgan fingerprint density at radius 3 is 1.00 bits per heavy atom. The van der Waals surface area contributed by atoms with Gasteiger partial charge in [0.1, 0.15) is 0 Å². The van der Waals surface area contributed by atoms with Crippen LogP contribution in [0.1, 0.15) is 68.2 Å². The van der Waals surface area contributed by atoms with Crippen LogP contribution in [0.25, 0.3) is 0 Å². The molecule has 0 atom stereocenters. The van der Waals surface area contributed by atoms with E-state index in [1.807, 2.05) is 6.82 Å². The van der Waals surface area contributed by atoms with Crippen LogP contribution in [0.15, 0.2) is 0 Å². The maximum Gasteiger partial charge on any atom is 0.454 e. The van der Waals surface area contributed by atoms with Gasteiger partial charge in [0.2, 0.25) is 0 Å². The van der Waals surface area contributed by atoms with Gasteiger partial charge >= 0.3 is 7.12 Å². The molecule has 98 valence electrons. The summed E-state index contributed by atoms with van der Waals surface area (Å²) in [6.45, 7) is 18.6. The summed E-state index contributed by atoms with van der Waals surface area (Å²) in [6, 6.07) is 0. The van der Waals surface area contributed by atoms with E-state index >= 15 is 0 Å². The lowest BCUT2D eigenvalue weighted by Gasteiger charge is -2.32. The molecule has 2 nitrogen and oxygen atoms in total. The van der Waals surface area contributed by atoms with E-state index in [0.717, 1.165) is 0 Å². The molecular formula is C13H31BO2. The minimum Gasteiger partial charge on any atom is -0.403 e. The fourth-order valence-electron chi connectivity index (χ4n) is 1.14. The molecule has 0 aromatic rings. The molecule has 0 aromatic heterocycles. The van der Waals surface area contributed by atoms with Crippen molar-refractivity contribution in [2.75, 3.05) is 0 Å². The molecule has 0 amide bonds. The largest absolute Gasteiger partial charge is 0.454 e. The lowest BCUT2D eigenvalue weighted by Crippen LogP contribution is -2.41. The van der Waals surface area contributed by atoms with Crippen LogP contribution in [-0.2, 0) is 9.31 Å². The van der Waals surface area contributed by atoms with Gasteiger partial charge < -0.3 is 9.31 Å². The van der Waals surface area contributed by atoms with Crippen molar-refractivity contribution < 1.29 is 9.31 Å². The second-order valence-electron chi connectivity index (χ2n) is 5.24. The fraction of sp³-hybridized carbons (Fsp3) is 1.00. The van der Waals surface area contributed by atoms with Gasteiger partial charge in [-0.05, 0) is 34.5 Å². The SMILES string of the molecule is CB1OC(C)(C)C(C)(C)O1.CCC.CCC. The molecule has 1 fully saturated rings. The smallest absolute Gasteiger partial charge is 0.403 e. The second-order valence-corrected chi connectivity index (χ2v) is 5.24. The normalized spacial score (nSPS) is 20.4. The highest BCUT2D eigenvalue weighted by Gasteiger charge is 2.48. The molecule has 0 bridgehead atoms. The lowest BCUT2D eigenvalue weighted by atomic mass is 9.90. The Morgan fingerprint density at radius 2 is 0.938 bits per heavy atom. The van der Waals surface area contributed by atoms with E-state index in [-0.39, 0.29) is 18.3 Å². The van der Waals surface area contributed by atoms with Crippen LogP contribution < -0.4 is 0 Å². The summed E-state index contributed by atoms with van der Waals surface area (Å²) in [7, 11) is -0.0648. The molecule has 1 heterocycles. The third-order valence-electron chi connectivity index (χ3n) is 2.37. The topological polar surface area (TPSA) is 18.5 Å². The third-order valence-corrected chi connectivity index (χ3v) is 2.37. The molecule has 0 saturated carbocycles. The molecule has 0 unspecified atom stereocenters. The first-order valence-corrected chi connectivity index (χ1v) is 6.54. The first-order valence-electron chi connectivity index (χ1n) is 6.54. The average Bonchev–Trinajstić information content (AvgIpc) is 2.20. The van der Waals surface area contributed by atoms with E-state index in [4.69, 9.17) is 9.31 Å². The van der Waals surface area contributed by atoms with Crippen LogP contribution in [0.3, 0.4) is 0 Å². The zero-order valence-corrected chi connectivity index (χ0v) is 12.8. The number of hydrogen-bond acceptors (Lipinski definition) is 2. The van der Waals surface area contributed by atoms with Gasteiger partial charge in [0.05, 0.1) is 11.2 Å². The van der Waals surface area contributed by atoms with E-state index in [0.29, 0.717) is 0 Å². The van der Waals surface area contributed by atoms with Crippen molar-refractivity contribution in [2.24, 2.45) is 0 Å². The summed E-state index contributed by atoms with van der Waals surface area (Å²) in [6.07, 6.45) is 2.50. The van der Waals surface area contributed by atoms with Gasteiger partial charge in [0.25, 0.3) is 0 Å². The van der Waals surface area contributed by atoms with E-state index in [1.54, 1.807) is 0 Å². The zero-order chi connectivity index (χ0) is 13.4. The Kier molecular flexibility index (Phi) is 9.33. The molecule has 1 aliphatic heterocycles. The van der Waals surface area contributed by atoms with Crippen LogP contribution in [0.2, 0.25) is 6.82 Å². The summed E-state index contributed by atoms with van der Waals surface area (Å²) in [5, 5.41) is 0. The average molecular weight is 230 g/mol. The van der Waals surface area contributed by atoms with Crippen molar-refractivity contribution >= 4 is 7.12 Å². The molecule has 0 aromatic carbocycles. The van der Waals surface area contributed by atoms with Crippen molar-refractivity contribution in [2.45, 2.75) is 86.3 Å². The summed E-state index contributed by atoms with van der Waals surface area (Å²) < 4.78 is 11.1. The summed E-state index contributed by atoms with van der Waals surface area (Å²) in [4.78, 5) is 0. The van der Waals surface area contributed by atoms with Crippen molar-refractivity contribution in [3.8, 4) is 0 Å². The molecule has 16 heavy (non-hydrogen) atoms. The standard InChI is InChI=1S/C7H15BO2.2C3H8/c1-6(2)7(3,4)10-8(5)9-6;2*1-3-2/h1-5H3;2*3H2,1-2H3. The van der Waals surface area contributed by atoms with E-state index in [1.165, 1.54) is 12.8 Å². The molecule has 0 spiro atoms. The van der Waals surface area contributed by atoms with Gasteiger partial charge in [-0.2, -0.15) is 0 Å². The monoisotopic (exact) mass is 230 g/mol. The minimum atomic E-state index is -0.160. The fourth-order valence-corrected chi connectivity index (χ4v) is 1.14. The van der Waals surface area contributed by atoms with Gasteiger partial charge in [-0.3, -0.25) is 0 Å². The summed E-state index contributed by atoms with van der Waals surface area (Å²) in [5.41, 5.74) is -0.321. The highest BCUT2D eigenvalue weighted by Crippen LogP contribution is 2.36. The van der Waals surface area contributed by atoms with E-state index < -0.39 is 0 Å². The first-order chi connectivity index (χ1) is 7.18.